The first-order chi connectivity index (χ1) is 13.2. The number of nitrogens with one attached hydrogen (secondary N) is 2. The van der Waals surface area contributed by atoms with Crippen LogP contribution in [0.25, 0.3) is 0 Å². The third-order valence-corrected chi connectivity index (χ3v) is 4.02. The first kappa shape index (κ1) is 21.0. The van der Waals surface area contributed by atoms with Crippen molar-refractivity contribution >= 4 is 17.6 Å². The quantitative estimate of drug-likeness (QED) is 0.282. The highest BCUT2D eigenvalue weighted by molar-refractivity contribution is 6.29. The zero-order valence-corrected chi connectivity index (χ0v) is 16.6. The van der Waals surface area contributed by atoms with Gasteiger partial charge in [-0.2, -0.15) is 0 Å². The SMILES string of the molecule is CCNC(=NCCOCc1ccccc1OC)NCCc1ccc(Cl)nc1. The molecule has 2 aromatic rings. The standard InChI is InChI=1S/C20H27ClN4O2/c1-3-22-20(23-11-10-16-8-9-19(21)25-14-16)24-12-13-27-15-17-6-4-5-7-18(17)26-2/h4-9,14H,3,10-13,15H2,1-2H3,(H2,22,23,24). The van der Waals surface area contributed by atoms with Crippen molar-refractivity contribution in [2.45, 2.75) is 20.0 Å². The van der Waals surface area contributed by atoms with Crippen molar-refractivity contribution in [2.75, 3.05) is 33.4 Å². The first-order valence-electron chi connectivity index (χ1n) is 9.05. The number of methoxy groups -OCH3 is 1. The van der Waals surface area contributed by atoms with E-state index >= 15 is 0 Å². The molecule has 0 radical (unpaired) electrons. The maximum atomic E-state index is 5.80. The number of ether oxygens (including phenoxy) is 2. The van der Waals surface area contributed by atoms with Crippen LogP contribution in [0.3, 0.4) is 0 Å². The van der Waals surface area contributed by atoms with Crippen LogP contribution >= 0.6 is 11.6 Å². The third-order valence-electron chi connectivity index (χ3n) is 3.79. The number of nitrogens with zero attached hydrogens (tertiary/aromatic N) is 2. The van der Waals surface area contributed by atoms with Crippen LogP contribution in [0.5, 0.6) is 5.75 Å². The van der Waals surface area contributed by atoms with Gasteiger partial charge in [0.05, 0.1) is 26.9 Å². The molecular weight excluding hydrogens is 364 g/mol. The Kier molecular flexibility index (Phi) is 9.44. The van der Waals surface area contributed by atoms with Crippen molar-refractivity contribution in [3.63, 3.8) is 0 Å². The summed E-state index contributed by atoms with van der Waals surface area (Å²) >= 11 is 5.80. The van der Waals surface area contributed by atoms with Gasteiger partial charge in [0, 0.05) is 24.8 Å². The van der Waals surface area contributed by atoms with E-state index in [1.54, 1.807) is 19.4 Å². The summed E-state index contributed by atoms with van der Waals surface area (Å²) in [5.74, 6) is 1.62. The first-order valence-corrected chi connectivity index (χ1v) is 9.43. The summed E-state index contributed by atoms with van der Waals surface area (Å²) in [6.45, 7) is 5.22. The molecule has 7 heteroatoms. The second-order valence-corrected chi connectivity index (χ2v) is 6.18. The van der Waals surface area contributed by atoms with Gasteiger partial charge in [0.15, 0.2) is 5.96 Å². The average Bonchev–Trinajstić information content (AvgIpc) is 2.69. The molecule has 6 nitrogen and oxygen atoms in total. The highest BCUT2D eigenvalue weighted by atomic mass is 35.5. The highest BCUT2D eigenvalue weighted by Gasteiger charge is 2.02. The topological polar surface area (TPSA) is 67.8 Å². The number of para-hydroxylation sites is 1. The maximum Gasteiger partial charge on any atom is 0.191 e. The Bertz CT molecular complexity index is 707. The number of benzene rings is 1. The van der Waals surface area contributed by atoms with Crippen molar-refractivity contribution in [2.24, 2.45) is 4.99 Å². The van der Waals surface area contributed by atoms with E-state index in [0.29, 0.717) is 24.9 Å². The molecule has 2 rings (SSSR count). The molecule has 27 heavy (non-hydrogen) atoms. The molecule has 0 fully saturated rings. The summed E-state index contributed by atoms with van der Waals surface area (Å²) in [6, 6.07) is 11.6. The van der Waals surface area contributed by atoms with E-state index in [4.69, 9.17) is 21.1 Å². The normalized spacial score (nSPS) is 11.3. The lowest BCUT2D eigenvalue weighted by molar-refractivity contribution is 0.126. The van der Waals surface area contributed by atoms with Gasteiger partial charge >= 0.3 is 0 Å². The van der Waals surface area contributed by atoms with E-state index in [1.807, 2.05) is 37.3 Å². The highest BCUT2D eigenvalue weighted by Crippen LogP contribution is 2.17. The smallest absolute Gasteiger partial charge is 0.191 e. The number of rotatable bonds is 10. The summed E-state index contributed by atoms with van der Waals surface area (Å²) in [7, 11) is 1.66. The van der Waals surface area contributed by atoms with E-state index in [0.717, 1.165) is 42.3 Å². The number of halogens is 1. The van der Waals surface area contributed by atoms with Crippen LogP contribution in [0, 0.1) is 0 Å². The molecule has 0 aliphatic carbocycles. The molecular formula is C20H27ClN4O2. The van der Waals surface area contributed by atoms with Crippen molar-refractivity contribution in [3.8, 4) is 5.75 Å². The van der Waals surface area contributed by atoms with Gasteiger partial charge < -0.3 is 20.1 Å². The zero-order chi connectivity index (χ0) is 19.3. The lowest BCUT2D eigenvalue weighted by Gasteiger charge is -2.12. The third kappa shape index (κ3) is 7.85. The monoisotopic (exact) mass is 390 g/mol. The van der Waals surface area contributed by atoms with E-state index in [2.05, 4.69) is 20.6 Å². The van der Waals surface area contributed by atoms with Crippen molar-refractivity contribution in [3.05, 3.63) is 58.9 Å². The second-order valence-electron chi connectivity index (χ2n) is 5.79. The molecule has 1 aromatic heterocycles. The summed E-state index contributed by atoms with van der Waals surface area (Å²) in [5, 5.41) is 7.05. The van der Waals surface area contributed by atoms with Gasteiger partial charge in [0.1, 0.15) is 10.9 Å². The minimum atomic E-state index is 0.507. The second kappa shape index (κ2) is 12.1. The number of guanidine groups is 1. The predicted octanol–water partition coefficient (Wildman–Crippen LogP) is 3.06. The summed E-state index contributed by atoms with van der Waals surface area (Å²) in [6.07, 6.45) is 2.64. The van der Waals surface area contributed by atoms with Crippen LogP contribution in [0.2, 0.25) is 5.15 Å². The summed E-state index contributed by atoms with van der Waals surface area (Å²) < 4.78 is 11.0. The molecule has 1 aromatic carbocycles. The predicted molar refractivity (Wildman–Crippen MR) is 110 cm³/mol. The number of hydrogen-bond acceptors (Lipinski definition) is 4. The van der Waals surface area contributed by atoms with Gasteiger partial charge in [-0.25, -0.2) is 4.98 Å². The molecule has 1 heterocycles. The molecule has 0 atom stereocenters. The minimum Gasteiger partial charge on any atom is -0.496 e. The van der Waals surface area contributed by atoms with Crippen LogP contribution in [-0.2, 0) is 17.8 Å². The largest absolute Gasteiger partial charge is 0.496 e. The fourth-order valence-corrected chi connectivity index (χ4v) is 2.56. The Morgan fingerprint density at radius 1 is 1.19 bits per heavy atom. The maximum absolute atomic E-state index is 5.80. The Morgan fingerprint density at radius 2 is 2.04 bits per heavy atom. The van der Waals surface area contributed by atoms with Crippen LogP contribution in [0.15, 0.2) is 47.6 Å². The minimum absolute atomic E-state index is 0.507. The van der Waals surface area contributed by atoms with Gasteiger partial charge in [-0.05, 0) is 31.0 Å². The van der Waals surface area contributed by atoms with E-state index in [-0.39, 0.29) is 0 Å². The van der Waals surface area contributed by atoms with Crippen molar-refractivity contribution in [1.29, 1.82) is 0 Å². The van der Waals surface area contributed by atoms with Crippen molar-refractivity contribution < 1.29 is 9.47 Å². The van der Waals surface area contributed by atoms with Gasteiger partial charge in [-0.3, -0.25) is 4.99 Å². The molecule has 2 N–H and O–H groups in total. The Hall–Kier alpha value is -2.31. The number of aliphatic imine (C=N–C) groups is 1. The molecule has 0 bridgehead atoms. The Labute approximate surface area is 166 Å². The molecule has 0 aliphatic heterocycles. The van der Waals surface area contributed by atoms with E-state index in [9.17, 15) is 0 Å². The molecule has 0 unspecified atom stereocenters. The van der Waals surface area contributed by atoms with E-state index in [1.165, 1.54) is 0 Å². The molecule has 0 amide bonds. The number of aromatic nitrogens is 1. The van der Waals surface area contributed by atoms with Gasteiger partial charge in [-0.15, -0.1) is 0 Å². The molecule has 0 spiro atoms. The van der Waals surface area contributed by atoms with Crippen LogP contribution < -0.4 is 15.4 Å². The summed E-state index contributed by atoms with van der Waals surface area (Å²) in [4.78, 5) is 8.62. The van der Waals surface area contributed by atoms with Crippen LogP contribution in [0.1, 0.15) is 18.1 Å². The van der Waals surface area contributed by atoms with Gasteiger partial charge in [0.25, 0.3) is 0 Å². The molecule has 146 valence electrons. The van der Waals surface area contributed by atoms with Crippen LogP contribution in [0.4, 0.5) is 0 Å². The van der Waals surface area contributed by atoms with Gasteiger partial charge in [0.2, 0.25) is 0 Å². The average molecular weight is 391 g/mol. The van der Waals surface area contributed by atoms with E-state index < -0.39 is 0 Å². The fraction of sp³-hybridized carbons (Fsp3) is 0.400. The zero-order valence-electron chi connectivity index (χ0n) is 15.9. The lowest BCUT2D eigenvalue weighted by Crippen LogP contribution is -2.38. The number of hydrogen-bond donors (Lipinski definition) is 2. The molecule has 0 saturated heterocycles. The number of pyridine rings is 1. The molecule has 0 saturated carbocycles. The van der Waals surface area contributed by atoms with Crippen molar-refractivity contribution in [1.82, 2.24) is 15.6 Å². The lowest BCUT2D eigenvalue weighted by atomic mass is 10.2. The fourth-order valence-electron chi connectivity index (χ4n) is 2.45. The Morgan fingerprint density at radius 3 is 2.78 bits per heavy atom. The van der Waals surface area contributed by atoms with Crippen LogP contribution in [-0.4, -0.2) is 44.3 Å². The Balaban J connectivity index is 1.71. The summed E-state index contributed by atoms with van der Waals surface area (Å²) in [5.41, 5.74) is 2.16. The van der Waals surface area contributed by atoms with Gasteiger partial charge in [-0.1, -0.05) is 35.9 Å². The molecule has 0 aliphatic rings.